The maximum atomic E-state index is 9.54. The van der Waals surface area contributed by atoms with Gasteiger partial charge in [0, 0.05) is 6.20 Å². The second-order valence-electron chi connectivity index (χ2n) is 7.08. The molecule has 1 aliphatic heterocycles. The Balaban J connectivity index is 1.93. The summed E-state index contributed by atoms with van der Waals surface area (Å²) >= 11 is 0. The molecule has 2 aromatic rings. The molecule has 144 valence electrons. The molecule has 28 heavy (non-hydrogen) atoms. The number of hydrogen-bond donors (Lipinski definition) is 1. The number of allylic oxidation sites excluding steroid dienone is 3. The van der Waals surface area contributed by atoms with E-state index in [1.807, 2.05) is 36.2 Å². The van der Waals surface area contributed by atoms with Crippen LogP contribution >= 0.6 is 0 Å². The smallest absolute Gasteiger partial charge is 0.192 e. The first kappa shape index (κ1) is 19.7. The fourth-order valence-corrected chi connectivity index (χ4v) is 3.33. The zero-order chi connectivity index (χ0) is 20.1. The van der Waals surface area contributed by atoms with E-state index in [1.165, 1.54) is 11.1 Å². The van der Waals surface area contributed by atoms with Crippen LogP contribution in [-0.2, 0) is 4.74 Å². The Morgan fingerprint density at radius 2 is 1.93 bits per heavy atom. The van der Waals surface area contributed by atoms with E-state index >= 15 is 0 Å². The number of nitrogens with zero attached hydrogens (tertiary/aromatic N) is 1. The van der Waals surface area contributed by atoms with Crippen LogP contribution in [0.15, 0.2) is 97.2 Å². The molecule has 3 rings (SSSR count). The molecule has 0 spiro atoms. The molecule has 1 heterocycles. The van der Waals surface area contributed by atoms with Gasteiger partial charge < -0.3 is 14.7 Å². The minimum Gasteiger partial charge on any atom is -0.446 e. The van der Waals surface area contributed by atoms with E-state index in [-0.39, 0.29) is 6.04 Å². The molecule has 3 heteroatoms. The minimum atomic E-state index is -0.567. The van der Waals surface area contributed by atoms with Crippen molar-refractivity contribution in [1.82, 2.24) is 4.90 Å². The summed E-state index contributed by atoms with van der Waals surface area (Å²) in [5, 5.41) is 9.54. The second kappa shape index (κ2) is 8.77. The molecule has 0 radical (unpaired) electrons. The summed E-state index contributed by atoms with van der Waals surface area (Å²) < 4.78 is 5.86. The van der Waals surface area contributed by atoms with Crippen molar-refractivity contribution in [3.63, 3.8) is 0 Å². The molecule has 2 unspecified atom stereocenters. The highest BCUT2D eigenvalue weighted by Crippen LogP contribution is 2.35. The number of aliphatic hydroxyl groups excluding tert-OH is 1. The van der Waals surface area contributed by atoms with Gasteiger partial charge in [0.1, 0.15) is 5.76 Å². The van der Waals surface area contributed by atoms with Crippen LogP contribution < -0.4 is 0 Å². The van der Waals surface area contributed by atoms with Crippen LogP contribution in [0.5, 0.6) is 0 Å². The van der Waals surface area contributed by atoms with Gasteiger partial charge in [-0.2, -0.15) is 0 Å². The number of aliphatic hydroxyl groups is 1. The molecule has 1 aliphatic rings. The fourth-order valence-electron chi connectivity index (χ4n) is 3.33. The van der Waals surface area contributed by atoms with Crippen molar-refractivity contribution in [2.45, 2.75) is 32.9 Å². The second-order valence-corrected chi connectivity index (χ2v) is 7.08. The summed E-state index contributed by atoms with van der Waals surface area (Å²) in [7, 11) is 0. The summed E-state index contributed by atoms with van der Waals surface area (Å²) in [5.74, 6) is 1.13. The Hall–Kier alpha value is -3.04. The van der Waals surface area contributed by atoms with E-state index in [0.29, 0.717) is 11.6 Å². The van der Waals surface area contributed by atoms with Crippen LogP contribution in [0.4, 0.5) is 0 Å². The van der Waals surface area contributed by atoms with Gasteiger partial charge in [0.15, 0.2) is 5.88 Å². The van der Waals surface area contributed by atoms with Gasteiger partial charge in [-0.15, -0.1) is 0 Å². The lowest BCUT2D eigenvalue weighted by molar-refractivity contribution is 0.175. The number of hydrogen-bond acceptors (Lipinski definition) is 3. The van der Waals surface area contributed by atoms with Crippen molar-refractivity contribution >= 4 is 5.57 Å². The predicted molar refractivity (Wildman–Crippen MR) is 115 cm³/mol. The topological polar surface area (TPSA) is 32.7 Å². The summed E-state index contributed by atoms with van der Waals surface area (Å²) in [6.45, 7) is 9.73. The highest BCUT2D eigenvalue weighted by molar-refractivity contribution is 5.76. The molecular formula is C25H27NO2. The molecule has 0 amide bonds. The van der Waals surface area contributed by atoms with E-state index < -0.39 is 6.10 Å². The first-order valence-corrected chi connectivity index (χ1v) is 9.47. The van der Waals surface area contributed by atoms with E-state index in [1.54, 1.807) is 13.0 Å². The van der Waals surface area contributed by atoms with Gasteiger partial charge in [-0.05, 0) is 62.3 Å². The largest absolute Gasteiger partial charge is 0.446 e. The van der Waals surface area contributed by atoms with Gasteiger partial charge in [-0.1, -0.05) is 60.2 Å². The molecule has 0 bridgehead atoms. The third-order valence-corrected chi connectivity index (χ3v) is 4.59. The third kappa shape index (κ3) is 4.81. The highest BCUT2D eigenvalue weighted by atomic mass is 16.5. The van der Waals surface area contributed by atoms with Crippen molar-refractivity contribution in [3.8, 4) is 0 Å². The summed E-state index contributed by atoms with van der Waals surface area (Å²) in [6, 6.07) is 18.8. The molecule has 1 N–H and O–H groups in total. The first-order valence-electron chi connectivity index (χ1n) is 9.47. The van der Waals surface area contributed by atoms with Crippen molar-refractivity contribution in [2.75, 3.05) is 0 Å². The zero-order valence-corrected chi connectivity index (χ0v) is 16.7. The lowest BCUT2D eigenvalue weighted by Crippen LogP contribution is -2.25. The number of benzene rings is 2. The summed E-state index contributed by atoms with van der Waals surface area (Å²) in [4.78, 5) is 2.01. The van der Waals surface area contributed by atoms with Crippen LogP contribution in [0.2, 0.25) is 0 Å². The average Bonchev–Trinajstić information content (AvgIpc) is 2.67. The normalized spacial score (nSPS) is 17.9. The fraction of sp³-hybridized carbons (Fsp3) is 0.200. The maximum Gasteiger partial charge on any atom is 0.192 e. The molecule has 3 nitrogen and oxygen atoms in total. The Morgan fingerprint density at radius 3 is 2.61 bits per heavy atom. The predicted octanol–water partition coefficient (Wildman–Crippen LogP) is 5.72. The Morgan fingerprint density at radius 1 is 1.18 bits per heavy atom. The monoisotopic (exact) mass is 373 g/mol. The van der Waals surface area contributed by atoms with Gasteiger partial charge in [0.05, 0.1) is 12.1 Å². The molecule has 0 saturated carbocycles. The summed E-state index contributed by atoms with van der Waals surface area (Å²) in [6.07, 6.45) is 7.41. The molecule has 2 atom stereocenters. The average molecular weight is 373 g/mol. The lowest BCUT2D eigenvalue weighted by Gasteiger charge is -2.33. The van der Waals surface area contributed by atoms with Crippen molar-refractivity contribution < 1.29 is 9.84 Å². The SMILES string of the molecule is C=C(O/C(C)=C\C(C)O)N1C=CC(c2cccc(C)c2)=CC1c1ccccc1. The third-order valence-electron chi connectivity index (χ3n) is 4.59. The number of aryl methyl sites for hydroxylation is 1. The van der Waals surface area contributed by atoms with E-state index in [9.17, 15) is 5.11 Å². The molecule has 0 aromatic heterocycles. The van der Waals surface area contributed by atoms with Crippen LogP contribution in [0, 0.1) is 6.92 Å². The van der Waals surface area contributed by atoms with E-state index in [2.05, 4.69) is 62.1 Å². The van der Waals surface area contributed by atoms with Gasteiger partial charge in [0.2, 0.25) is 0 Å². The number of ether oxygens (including phenoxy) is 1. The zero-order valence-electron chi connectivity index (χ0n) is 16.7. The Labute approximate surface area is 167 Å². The van der Waals surface area contributed by atoms with Crippen LogP contribution in [-0.4, -0.2) is 16.1 Å². The lowest BCUT2D eigenvalue weighted by atomic mass is 9.95. The van der Waals surface area contributed by atoms with Gasteiger partial charge in [0.25, 0.3) is 0 Å². The Kier molecular flexibility index (Phi) is 6.17. The van der Waals surface area contributed by atoms with Crippen LogP contribution in [0.3, 0.4) is 0 Å². The van der Waals surface area contributed by atoms with E-state index in [0.717, 1.165) is 11.1 Å². The van der Waals surface area contributed by atoms with Gasteiger partial charge >= 0.3 is 0 Å². The van der Waals surface area contributed by atoms with Crippen molar-refractivity contribution in [3.05, 3.63) is 114 Å². The molecule has 0 fully saturated rings. The van der Waals surface area contributed by atoms with Gasteiger partial charge in [-0.25, -0.2) is 0 Å². The molecule has 0 saturated heterocycles. The van der Waals surface area contributed by atoms with Crippen molar-refractivity contribution in [1.29, 1.82) is 0 Å². The van der Waals surface area contributed by atoms with Crippen LogP contribution in [0.25, 0.3) is 5.57 Å². The highest BCUT2D eigenvalue weighted by Gasteiger charge is 2.23. The molecule has 0 aliphatic carbocycles. The maximum absolute atomic E-state index is 9.54. The standard InChI is InChI=1S/C25H27NO2/c1-18-9-8-12-23(15-18)24-13-14-26(21(4)28-20(3)16-19(2)27)25(17-24)22-10-6-5-7-11-22/h5-17,19,25,27H,4H2,1-3H3/b20-16-. The minimum absolute atomic E-state index is 0.0337. The Bertz CT molecular complexity index is 923. The van der Waals surface area contributed by atoms with Gasteiger partial charge in [-0.3, -0.25) is 0 Å². The van der Waals surface area contributed by atoms with Crippen LogP contribution in [0.1, 0.15) is 36.6 Å². The summed E-state index contributed by atoms with van der Waals surface area (Å²) in [5.41, 5.74) is 4.74. The quantitative estimate of drug-likeness (QED) is 0.657. The molecule has 2 aromatic carbocycles. The first-order chi connectivity index (χ1) is 13.4. The van der Waals surface area contributed by atoms with E-state index in [4.69, 9.17) is 4.74 Å². The van der Waals surface area contributed by atoms with Crippen molar-refractivity contribution in [2.24, 2.45) is 0 Å². The molecular weight excluding hydrogens is 346 g/mol. The number of rotatable bonds is 6.